The summed E-state index contributed by atoms with van der Waals surface area (Å²) in [5.41, 5.74) is 2.88. The Bertz CT molecular complexity index is 871. The number of thioether (sulfide) groups is 1. The molecule has 2 aromatic rings. The van der Waals surface area contributed by atoms with E-state index in [-0.39, 0.29) is 17.7 Å². The topological polar surface area (TPSA) is 46.6 Å². The quantitative estimate of drug-likeness (QED) is 0.545. The van der Waals surface area contributed by atoms with Crippen LogP contribution >= 0.6 is 11.8 Å². The molecule has 0 bridgehead atoms. The van der Waals surface area contributed by atoms with Crippen LogP contribution in [0.15, 0.2) is 66.1 Å². The van der Waals surface area contributed by atoms with Crippen molar-refractivity contribution in [2.45, 2.75) is 13.5 Å². The molecule has 1 heterocycles. The first kappa shape index (κ1) is 18.0. The number of nitrogens with zero attached hydrogens (tertiary/aromatic N) is 1. The van der Waals surface area contributed by atoms with Gasteiger partial charge in [0.05, 0.1) is 11.4 Å². The first-order valence-electron chi connectivity index (χ1n) is 8.21. The third-order valence-corrected chi connectivity index (χ3v) is 4.77. The Morgan fingerprint density at radius 1 is 1.15 bits per heavy atom. The van der Waals surface area contributed by atoms with E-state index in [0.717, 1.165) is 28.5 Å². The van der Waals surface area contributed by atoms with Crippen molar-refractivity contribution in [2.24, 2.45) is 0 Å². The lowest BCUT2D eigenvalue weighted by Crippen LogP contribution is -2.27. The third kappa shape index (κ3) is 4.24. The predicted molar refractivity (Wildman–Crippen MR) is 105 cm³/mol. The van der Waals surface area contributed by atoms with Crippen LogP contribution in [0, 0.1) is 6.92 Å². The van der Waals surface area contributed by atoms with E-state index < -0.39 is 0 Å². The summed E-state index contributed by atoms with van der Waals surface area (Å²) in [6.07, 6.45) is 3.39. The van der Waals surface area contributed by atoms with E-state index in [4.69, 9.17) is 4.74 Å². The molecule has 0 saturated carbocycles. The van der Waals surface area contributed by atoms with E-state index >= 15 is 0 Å². The third-order valence-electron chi connectivity index (χ3n) is 3.86. The first-order chi connectivity index (χ1) is 12.6. The molecule has 4 nitrogen and oxygen atoms in total. The molecule has 132 valence electrons. The molecule has 1 aliphatic rings. The summed E-state index contributed by atoms with van der Waals surface area (Å²) >= 11 is 0.964. The van der Waals surface area contributed by atoms with Crippen molar-refractivity contribution in [2.75, 3.05) is 6.61 Å². The zero-order valence-corrected chi connectivity index (χ0v) is 15.3. The highest BCUT2D eigenvalue weighted by Crippen LogP contribution is 2.33. The zero-order chi connectivity index (χ0) is 18.5. The molecule has 0 unspecified atom stereocenters. The Labute approximate surface area is 157 Å². The van der Waals surface area contributed by atoms with Crippen molar-refractivity contribution in [1.82, 2.24) is 4.90 Å². The normalized spacial score (nSPS) is 15.6. The molecule has 1 saturated heterocycles. The molecule has 2 amide bonds. The second kappa shape index (κ2) is 8.06. The number of benzene rings is 2. The molecule has 0 aromatic heterocycles. The monoisotopic (exact) mass is 365 g/mol. The fourth-order valence-corrected chi connectivity index (χ4v) is 3.35. The molecule has 0 radical (unpaired) electrons. The molecule has 26 heavy (non-hydrogen) atoms. The second-order valence-electron chi connectivity index (χ2n) is 5.93. The molecule has 0 spiro atoms. The van der Waals surface area contributed by atoms with E-state index in [2.05, 4.69) is 6.58 Å². The summed E-state index contributed by atoms with van der Waals surface area (Å²) in [4.78, 5) is 26.6. The Kier molecular flexibility index (Phi) is 5.58. The zero-order valence-electron chi connectivity index (χ0n) is 14.5. The van der Waals surface area contributed by atoms with Crippen LogP contribution in [0.3, 0.4) is 0 Å². The number of ether oxygens (including phenoxy) is 1. The predicted octanol–water partition coefficient (Wildman–Crippen LogP) is 4.80. The van der Waals surface area contributed by atoms with Gasteiger partial charge in [-0.25, -0.2) is 0 Å². The van der Waals surface area contributed by atoms with E-state index in [9.17, 15) is 9.59 Å². The second-order valence-corrected chi connectivity index (χ2v) is 6.92. The maximum Gasteiger partial charge on any atom is 0.293 e. The lowest BCUT2D eigenvalue weighted by molar-refractivity contribution is -0.123. The SMILES string of the molecule is C=CCOc1cccc(/C=C2\SC(=O)N(Cc3ccc(C)cc3)C2=O)c1. The smallest absolute Gasteiger partial charge is 0.293 e. The maximum absolute atomic E-state index is 12.6. The van der Waals surface area contributed by atoms with Gasteiger partial charge in [-0.2, -0.15) is 0 Å². The minimum absolute atomic E-state index is 0.249. The minimum Gasteiger partial charge on any atom is -0.490 e. The van der Waals surface area contributed by atoms with Gasteiger partial charge in [0.2, 0.25) is 0 Å². The fraction of sp³-hybridized carbons (Fsp3) is 0.143. The van der Waals surface area contributed by atoms with Gasteiger partial charge in [0.1, 0.15) is 12.4 Å². The Balaban J connectivity index is 1.76. The van der Waals surface area contributed by atoms with E-state index in [1.165, 1.54) is 4.90 Å². The molecule has 0 N–H and O–H groups in total. The molecule has 0 aliphatic carbocycles. The molecular weight excluding hydrogens is 346 g/mol. The van der Waals surface area contributed by atoms with Gasteiger partial charge in [-0.05, 0) is 48.0 Å². The number of hydrogen-bond acceptors (Lipinski definition) is 4. The highest BCUT2D eigenvalue weighted by molar-refractivity contribution is 8.18. The molecular formula is C21H19NO3S. The minimum atomic E-state index is -0.266. The van der Waals surface area contributed by atoms with E-state index in [0.29, 0.717) is 17.3 Å². The van der Waals surface area contributed by atoms with Crippen LogP contribution in [0.25, 0.3) is 6.08 Å². The summed E-state index contributed by atoms with van der Waals surface area (Å²) in [7, 11) is 0. The Hall–Kier alpha value is -2.79. The van der Waals surface area contributed by atoms with Crippen LogP contribution in [0.2, 0.25) is 0 Å². The summed E-state index contributed by atoms with van der Waals surface area (Å²) in [6.45, 7) is 6.31. The molecule has 1 fully saturated rings. The number of rotatable bonds is 6. The van der Waals surface area contributed by atoms with Crippen molar-refractivity contribution >= 4 is 29.0 Å². The van der Waals surface area contributed by atoms with Crippen LogP contribution in [-0.2, 0) is 11.3 Å². The number of imide groups is 1. The summed E-state index contributed by atoms with van der Waals surface area (Å²) < 4.78 is 5.50. The summed E-state index contributed by atoms with van der Waals surface area (Å²) in [5, 5.41) is -0.249. The van der Waals surface area contributed by atoms with Gasteiger partial charge >= 0.3 is 0 Å². The average molecular weight is 365 g/mol. The number of hydrogen-bond donors (Lipinski definition) is 0. The van der Waals surface area contributed by atoms with E-state index in [1.807, 2.05) is 55.5 Å². The van der Waals surface area contributed by atoms with Gasteiger partial charge in [-0.15, -0.1) is 0 Å². The van der Waals surface area contributed by atoms with Crippen LogP contribution in [0.1, 0.15) is 16.7 Å². The van der Waals surface area contributed by atoms with Crippen LogP contribution in [0.5, 0.6) is 5.75 Å². The number of carbonyl (C=O) groups is 2. The number of amides is 2. The van der Waals surface area contributed by atoms with Gasteiger partial charge < -0.3 is 4.74 Å². The average Bonchev–Trinajstić information content (AvgIpc) is 2.89. The van der Waals surface area contributed by atoms with Gasteiger partial charge in [0.15, 0.2) is 0 Å². The lowest BCUT2D eigenvalue weighted by atomic mass is 10.1. The summed E-state index contributed by atoms with van der Waals surface area (Å²) in [5.74, 6) is 0.426. The molecule has 1 aliphatic heterocycles. The molecule has 0 atom stereocenters. The van der Waals surface area contributed by atoms with Crippen LogP contribution in [0.4, 0.5) is 4.79 Å². The van der Waals surface area contributed by atoms with Crippen molar-refractivity contribution in [3.8, 4) is 5.75 Å². The summed E-state index contributed by atoms with van der Waals surface area (Å²) in [6, 6.07) is 15.2. The van der Waals surface area contributed by atoms with Gasteiger partial charge in [0.25, 0.3) is 11.1 Å². The number of carbonyl (C=O) groups excluding carboxylic acids is 2. The van der Waals surface area contributed by atoms with Crippen molar-refractivity contribution in [1.29, 1.82) is 0 Å². The van der Waals surface area contributed by atoms with Crippen LogP contribution in [-0.4, -0.2) is 22.7 Å². The van der Waals surface area contributed by atoms with Gasteiger partial charge in [-0.1, -0.05) is 54.6 Å². The highest BCUT2D eigenvalue weighted by Gasteiger charge is 2.34. The lowest BCUT2D eigenvalue weighted by Gasteiger charge is -2.12. The fourth-order valence-electron chi connectivity index (χ4n) is 2.51. The Morgan fingerprint density at radius 2 is 1.92 bits per heavy atom. The highest BCUT2D eigenvalue weighted by atomic mass is 32.2. The Morgan fingerprint density at radius 3 is 2.65 bits per heavy atom. The molecule has 2 aromatic carbocycles. The first-order valence-corrected chi connectivity index (χ1v) is 9.03. The molecule has 5 heteroatoms. The van der Waals surface area contributed by atoms with Crippen LogP contribution < -0.4 is 4.74 Å². The largest absolute Gasteiger partial charge is 0.490 e. The van der Waals surface area contributed by atoms with Gasteiger partial charge in [-0.3, -0.25) is 14.5 Å². The standard InChI is InChI=1S/C21H19NO3S/c1-3-11-25-18-6-4-5-17(12-18)13-19-20(23)22(21(24)26-19)14-16-9-7-15(2)8-10-16/h3-10,12-13H,1,11,14H2,2H3/b19-13-. The van der Waals surface area contributed by atoms with Crippen molar-refractivity contribution in [3.05, 3.63) is 82.8 Å². The number of aryl methyl sites for hydroxylation is 1. The van der Waals surface area contributed by atoms with Crippen molar-refractivity contribution < 1.29 is 14.3 Å². The molecule has 3 rings (SSSR count). The van der Waals surface area contributed by atoms with Crippen molar-refractivity contribution in [3.63, 3.8) is 0 Å². The van der Waals surface area contributed by atoms with Gasteiger partial charge in [0, 0.05) is 0 Å². The maximum atomic E-state index is 12.6. The van der Waals surface area contributed by atoms with E-state index in [1.54, 1.807) is 12.2 Å².